The van der Waals surface area contributed by atoms with Gasteiger partial charge in [0.05, 0.1) is 24.8 Å². The summed E-state index contributed by atoms with van der Waals surface area (Å²) in [6, 6.07) is 9.31. The van der Waals surface area contributed by atoms with Gasteiger partial charge in [0.1, 0.15) is 18.8 Å². The zero-order valence-electron chi connectivity index (χ0n) is 16.6. The number of unbranched alkanes of at least 4 members (excludes halogenated alkanes) is 3. The number of ether oxygens (including phenoxy) is 1. The van der Waals surface area contributed by atoms with Crippen LogP contribution in [0.3, 0.4) is 0 Å². The van der Waals surface area contributed by atoms with Gasteiger partial charge in [0.2, 0.25) is 0 Å². The molecule has 2 fully saturated rings. The van der Waals surface area contributed by atoms with E-state index in [0.717, 1.165) is 31.2 Å². The number of cyclic esters (lactones) is 1. The molecule has 2 heterocycles. The largest absolute Gasteiger partial charge is 0.447 e. The number of aliphatic hydroxyl groups excluding tert-OH is 4. The molecule has 1 aromatic rings. The molecule has 4 N–H and O–H groups in total. The maximum Gasteiger partial charge on any atom is 0.410 e. The van der Waals surface area contributed by atoms with Crippen molar-refractivity contribution >= 4 is 6.09 Å². The molecule has 0 unspecified atom stereocenters. The minimum Gasteiger partial charge on any atom is -0.447 e. The van der Waals surface area contributed by atoms with Gasteiger partial charge in [-0.3, -0.25) is 9.80 Å². The molecule has 0 saturated carbocycles. The second kappa shape index (κ2) is 10.4. The minimum atomic E-state index is -1.22. The number of benzene rings is 1. The predicted octanol–water partition coefficient (Wildman–Crippen LogP) is 0.499. The highest BCUT2D eigenvalue weighted by Gasteiger charge is 2.40. The number of hydrogen-bond acceptors (Lipinski definition) is 7. The highest BCUT2D eigenvalue weighted by molar-refractivity contribution is 5.70. The lowest BCUT2D eigenvalue weighted by Crippen LogP contribution is -2.62. The van der Waals surface area contributed by atoms with Gasteiger partial charge in [0.25, 0.3) is 0 Å². The first-order chi connectivity index (χ1) is 14.0. The third-order valence-electron chi connectivity index (χ3n) is 5.97. The van der Waals surface area contributed by atoms with E-state index in [9.17, 15) is 25.2 Å². The lowest BCUT2D eigenvalue weighted by atomic mass is 9.94. The fraction of sp³-hybridized carbons (Fsp3) is 0.667. The molecule has 1 amide bonds. The molecule has 0 bridgehead atoms. The molecule has 2 aliphatic heterocycles. The quantitative estimate of drug-likeness (QED) is 0.440. The standard InChI is InChI=1S/C21H32N2O6/c24-13-16-19(26)20(27)18(25)12-22(16)10-6-1-2-7-11-23-17(14-29-21(23)28)15-8-4-3-5-9-15/h3-5,8-9,16-20,24-27H,1-2,6-7,10-14H2/t16-,17+,18+,19-,20-/m1/s1. The second-order valence-electron chi connectivity index (χ2n) is 7.90. The van der Waals surface area contributed by atoms with Crippen LogP contribution in [0.1, 0.15) is 37.3 Å². The van der Waals surface area contributed by atoms with Gasteiger partial charge < -0.3 is 25.2 Å². The normalized spacial score (nSPS) is 30.6. The van der Waals surface area contributed by atoms with Gasteiger partial charge in [-0.1, -0.05) is 43.2 Å². The first-order valence-electron chi connectivity index (χ1n) is 10.4. The maximum absolute atomic E-state index is 12.0. The minimum absolute atomic E-state index is 0.0308. The fourth-order valence-electron chi connectivity index (χ4n) is 4.23. The number of carbonyl (C=O) groups excluding carboxylic acids is 1. The highest BCUT2D eigenvalue weighted by atomic mass is 16.6. The molecule has 2 saturated heterocycles. The molecule has 29 heavy (non-hydrogen) atoms. The molecule has 0 aromatic heterocycles. The average molecular weight is 408 g/mol. The Morgan fingerprint density at radius 1 is 0.966 bits per heavy atom. The fourth-order valence-corrected chi connectivity index (χ4v) is 4.23. The summed E-state index contributed by atoms with van der Waals surface area (Å²) < 4.78 is 5.23. The van der Waals surface area contributed by atoms with Crippen molar-refractivity contribution in [2.75, 3.05) is 32.8 Å². The lowest BCUT2D eigenvalue weighted by molar-refractivity contribution is -0.145. The number of amides is 1. The van der Waals surface area contributed by atoms with Crippen molar-refractivity contribution in [1.82, 2.24) is 9.80 Å². The van der Waals surface area contributed by atoms with E-state index < -0.39 is 24.4 Å². The van der Waals surface area contributed by atoms with Crippen LogP contribution in [-0.2, 0) is 4.74 Å². The van der Waals surface area contributed by atoms with Crippen molar-refractivity contribution in [2.24, 2.45) is 0 Å². The molecule has 0 aliphatic carbocycles. The smallest absolute Gasteiger partial charge is 0.410 e. The molecule has 2 aliphatic rings. The summed E-state index contributed by atoms with van der Waals surface area (Å²) in [5.41, 5.74) is 1.08. The first-order valence-corrected chi connectivity index (χ1v) is 10.4. The van der Waals surface area contributed by atoms with Crippen LogP contribution in [0.2, 0.25) is 0 Å². The van der Waals surface area contributed by atoms with Gasteiger partial charge in [0, 0.05) is 13.1 Å². The number of carbonyl (C=O) groups is 1. The predicted molar refractivity (Wildman–Crippen MR) is 106 cm³/mol. The van der Waals surface area contributed by atoms with Crippen LogP contribution in [0.25, 0.3) is 0 Å². The van der Waals surface area contributed by atoms with E-state index in [1.54, 1.807) is 4.90 Å². The van der Waals surface area contributed by atoms with Crippen molar-refractivity contribution in [2.45, 2.75) is 56.1 Å². The summed E-state index contributed by atoms with van der Waals surface area (Å²) in [5, 5.41) is 39.1. The van der Waals surface area contributed by atoms with Gasteiger partial charge in [-0.25, -0.2) is 4.79 Å². The molecule has 8 nitrogen and oxygen atoms in total. The zero-order valence-corrected chi connectivity index (χ0v) is 16.6. The van der Waals surface area contributed by atoms with Gasteiger partial charge in [-0.15, -0.1) is 0 Å². The van der Waals surface area contributed by atoms with Crippen LogP contribution in [0.15, 0.2) is 30.3 Å². The van der Waals surface area contributed by atoms with Crippen LogP contribution >= 0.6 is 0 Å². The van der Waals surface area contributed by atoms with Crippen molar-refractivity contribution < 1.29 is 30.0 Å². The molecular weight excluding hydrogens is 376 g/mol. The van der Waals surface area contributed by atoms with Gasteiger partial charge in [-0.05, 0) is 24.9 Å². The van der Waals surface area contributed by atoms with Crippen LogP contribution in [0.5, 0.6) is 0 Å². The third kappa shape index (κ3) is 5.26. The van der Waals surface area contributed by atoms with E-state index in [0.29, 0.717) is 19.7 Å². The Bertz CT molecular complexity index is 645. The molecule has 0 spiro atoms. The Labute approximate surface area is 171 Å². The van der Waals surface area contributed by atoms with Gasteiger partial charge >= 0.3 is 6.09 Å². The van der Waals surface area contributed by atoms with Crippen molar-refractivity contribution in [1.29, 1.82) is 0 Å². The molecule has 0 radical (unpaired) electrons. The molecule has 1 aromatic carbocycles. The topological polar surface area (TPSA) is 114 Å². The van der Waals surface area contributed by atoms with E-state index in [-0.39, 0.29) is 25.3 Å². The summed E-state index contributed by atoms with van der Waals surface area (Å²) in [4.78, 5) is 15.7. The lowest BCUT2D eigenvalue weighted by Gasteiger charge is -2.43. The summed E-state index contributed by atoms with van der Waals surface area (Å²) >= 11 is 0. The van der Waals surface area contributed by atoms with E-state index in [4.69, 9.17) is 4.74 Å². The van der Waals surface area contributed by atoms with E-state index in [1.165, 1.54) is 0 Å². The number of aliphatic hydroxyl groups is 4. The maximum atomic E-state index is 12.0. The second-order valence-corrected chi connectivity index (χ2v) is 7.90. The first kappa shape index (κ1) is 22.0. The summed E-state index contributed by atoms with van der Waals surface area (Å²) in [5.74, 6) is 0. The Balaban J connectivity index is 1.39. The van der Waals surface area contributed by atoms with Crippen LogP contribution in [0, 0.1) is 0 Å². The zero-order chi connectivity index (χ0) is 20.8. The highest BCUT2D eigenvalue weighted by Crippen LogP contribution is 2.28. The number of likely N-dealkylation sites (tertiary alicyclic amines) is 1. The number of nitrogens with zero attached hydrogens (tertiary/aromatic N) is 2. The number of rotatable bonds is 9. The van der Waals surface area contributed by atoms with Crippen molar-refractivity contribution in [3.63, 3.8) is 0 Å². The van der Waals surface area contributed by atoms with Crippen molar-refractivity contribution in [3.05, 3.63) is 35.9 Å². The van der Waals surface area contributed by atoms with Crippen molar-refractivity contribution in [3.8, 4) is 0 Å². The Morgan fingerprint density at radius 3 is 2.34 bits per heavy atom. The van der Waals surface area contributed by atoms with Gasteiger partial charge in [0.15, 0.2) is 0 Å². The molecule has 5 atom stereocenters. The monoisotopic (exact) mass is 408 g/mol. The molecular formula is C21H32N2O6. The van der Waals surface area contributed by atoms with Crippen LogP contribution in [-0.4, -0.2) is 93.5 Å². The summed E-state index contributed by atoms with van der Waals surface area (Å²) in [6.07, 6.45) is -0.0620. The Morgan fingerprint density at radius 2 is 1.66 bits per heavy atom. The number of piperidine rings is 1. The van der Waals surface area contributed by atoms with E-state index in [2.05, 4.69) is 0 Å². The van der Waals surface area contributed by atoms with E-state index in [1.807, 2.05) is 35.2 Å². The number of β-amino-alcohol motifs (C(OH)–C–C–N with tert-alkyl or cyclic N) is 1. The SMILES string of the molecule is O=C1OC[C@@H](c2ccccc2)N1CCCCCCN1C[C@H](O)[C@@H](O)[C@H](O)[C@H]1CO. The van der Waals surface area contributed by atoms with Crippen LogP contribution in [0.4, 0.5) is 4.79 Å². The molecule has 3 rings (SSSR count). The molecule has 8 heteroatoms. The third-order valence-corrected chi connectivity index (χ3v) is 5.97. The van der Waals surface area contributed by atoms with E-state index >= 15 is 0 Å². The van der Waals surface area contributed by atoms with Gasteiger partial charge in [-0.2, -0.15) is 0 Å². The Hall–Kier alpha value is -1.71. The summed E-state index contributed by atoms with van der Waals surface area (Å²) in [6.45, 7) is 1.64. The molecule has 162 valence electrons. The van der Waals surface area contributed by atoms with Crippen LogP contribution < -0.4 is 0 Å². The Kier molecular flexibility index (Phi) is 7.85. The number of hydrogen-bond donors (Lipinski definition) is 4. The summed E-state index contributed by atoms with van der Waals surface area (Å²) in [7, 11) is 0. The average Bonchev–Trinajstić information content (AvgIpc) is 3.10.